The number of rotatable bonds is 3. The highest BCUT2D eigenvalue weighted by atomic mass is 32.1. The predicted molar refractivity (Wildman–Crippen MR) is 120 cm³/mol. The van der Waals surface area contributed by atoms with Gasteiger partial charge in [-0.3, -0.25) is 9.69 Å². The Hall–Kier alpha value is -3.57. The largest absolute Gasteiger partial charge is 0.416 e. The van der Waals surface area contributed by atoms with Gasteiger partial charge in [0.15, 0.2) is 5.78 Å². The third-order valence-electron chi connectivity index (χ3n) is 5.96. The van der Waals surface area contributed by atoms with E-state index in [1.807, 2.05) is 17.5 Å². The summed E-state index contributed by atoms with van der Waals surface area (Å²) >= 11 is 1.46. The Kier molecular flexibility index (Phi) is 5.22. The molecule has 2 aromatic heterocycles. The number of nitrogens with zero attached hydrogens (tertiary/aromatic N) is 3. The highest BCUT2D eigenvalue weighted by Gasteiger charge is 2.42. The lowest BCUT2D eigenvalue weighted by Crippen LogP contribution is -2.36. The molecule has 0 unspecified atom stereocenters. The first-order chi connectivity index (χ1) is 15.9. The molecule has 0 bridgehead atoms. The van der Waals surface area contributed by atoms with Gasteiger partial charge in [-0.05, 0) is 54.6 Å². The summed E-state index contributed by atoms with van der Waals surface area (Å²) in [7, 11) is 0. The van der Waals surface area contributed by atoms with E-state index < -0.39 is 17.7 Å². The number of halogens is 3. The molecule has 0 spiro atoms. The molecule has 0 saturated heterocycles. The second-order valence-electron chi connectivity index (χ2n) is 7.91. The van der Waals surface area contributed by atoms with Crippen LogP contribution in [0.5, 0.6) is 0 Å². The van der Waals surface area contributed by atoms with Crippen molar-refractivity contribution in [2.75, 3.05) is 4.90 Å². The molecule has 2 aliphatic rings. The first-order valence-electron chi connectivity index (χ1n) is 10.4. The van der Waals surface area contributed by atoms with Crippen molar-refractivity contribution in [1.82, 2.24) is 4.57 Å². The van der Waals surface area contributed by atoms with Crippen LogP contribution in [0, 0.1) is 11.3 Å². The van der Waals surface area contributed by atoms with E-state index in [1.54, 1.807) is 40.1 Å². The second kappa shape index (κ2) is 8.09. The van der Waals surface area contributed by atoms with Gasteiger partial charge in [-0.2, -0.15) is 18.4 Å². The molecule has 3 aromatic rings. The number of alkyl halides is 3. The summed E-state index contributed by atoms with van der Waals surface area (Å²) in [6.45, 7) is 0. The number of benzene rings is 1. The van der Waals surface area contributed by atoms with Crippen LogP contribution in [0.25, 0.3) is 5.82 Å². The lowest BCUT2D eigenvalue weighted by Gasteiger charge is -2.41. The van der Waals surface area contributed by atoms with Gasteiger partial charge in [0, 0.05) is 40.6 Å². The fourth-order valence-electron chi connectivity index (χ4n) is 4.61. The van der Waals surface area contributed by atoms with Gasteiger partial charge in [0.25, 0.3) is 0 Å². The smallest absolute Gasteiger partial charge is 0.309 e. The Morgan fingerprint density at radius 1 is 1.06 bits per heavy atom. The van der Waals surface area contributed by atoms with E-state index in [4.69, 9.17) is 0 Å². The Morgan fingerprint density at radius 2 is 1.85 bits per heavy atom. The third-order valence-corrected chi connectivity index (χ3v) is 6.89. The maximum Gasteiger partial charge on any atom is 0.416 e. The third kappa shape index (κ3) is 3.58. The molecule has 33 heavy (non-hydrogen) atoms. The Balaban J connectivity index is 1.83. The van der Waals surface area contributed by atoms with Crippen molar-refractivity contribution >= 4 is 28.6 Å². The zero-order valence-electron chi connectivity index (χ0n) is 17.3. The molecule has 1 aliphatic heterocycles. The van der Waals surface area contributed by atoms with Crippen LogP contribution in [0.3, 0.4) is 0 Å². The molecule has 5 rings (SSSR count). The fraction of sp³-hybridized carbons (Fsp3) is 0.200. The summed E-state index contributed by atoms with van der Waals surface area (Å²) in [5, 5.41) is 12.2. The molecule has 1 aromatic carbocycles. The van der Waals surface area contributed by atoms with Gasteiger partial charge < -0.3 is 4.57 Å². The van der Waals surface area contributed by atoms with Gasteiger partial charge in [0.2, 0.25) is 0 Å². The normalized spacial score (nSPS) is 19.0. The minimum Gasteiger partial charge on any atom is -0.309 e. The zero-order valence-corrected chi connectivity index (χ0v) is 18.2. The molecule has 4 nitrogen and oxygen atoms in total. The number of hydrogen-bond acceptors (Lipinski definition) is 4. The molecular weight excluding hydrogens is 447 g/mol. The van der Waals surface area contributed by atoms with Crippen molar-refractivity contribution in [3.63, 3.8) is 0 Å². The number of allylic oxidation sites excluding steroid dienone is 3. The minimum atomic E-state index is -4.51. The summed E-state index contributed by atoms with van der Waals surface area (Å²) < 4.78 is 42.4. The van der Waals surface area contributed by atoms with Crippen LogP contribution in [0.4, 0.5) is 18.9 Å². The van der Waals surface area contributed by atoms with Gasteiger partial charge in [-0.1, -0.05) is 12.1 Å². The van der Waals surface area contributed by atoms with Crippen LogP contribution in [0.15, 0.2) is 83.1 Å². The van der Waals surface area contributed by atoms with Crippen LogP contribution in [-0.4, -0.2) is 10.4 Å². The molecule has 166 valence electrons. The highest BCUT2D eigenvalue weighted by Crippen LogP contribution is 2.49. The number of ketones is 1. The summed E-state index contributed by atoms with van der Waals surface area (Å²) in [5.41, 5.74) is 0.989. The monoisotopic (exact) mass is 465 g/mol. The second-order valence-corrected chi connectivity index (χ2v) is 8.89. The summed E-state index contributed by atoms with van der Waals surface area (Å²) in [6, 6.07) is 14.7. The maximum absolute atomic E-state index is 13.5. The molecule has 1 atom stereocenters. The minimum absolute atomic E-state index is 0.0640. The maximum atomic E-state index is 13.5. The number of thiophene rings is 1. The molecule has 0 amide bonds. The van der Waals surface area contributed by atoms with Crippen LogP contribution in [-0.2, 0) is 11.0 Å². The molecule has 0 fully saturated rings. The van der Waals surface area contributed by atoms with Crippen molar-refractivity contribution in [2.45, 2.75) is 31.4 Å². The van der Waals surface area contributed by atoms with E-state index in [2.05, 4.69) is 6.07 Å². The van der Waals surface area contributed by atoms with Crippen molar-refractivity contribution < 1.29 is 18.0 Å². The average Bonchev–Trinajstić information content (AvgIpc) is 3.51. The SMILES string of the molecule is N#CC1=C(n2cccc2)N(c2cccc(C(F)(F)F)c2)C2=C(C(=O)CCC2)[C@H]1c1cccs1. The van der Waals surface area contributed by atoms with Crippen molar-refractivity contribution in [3.8, 4) is 6.07 Å². The van der Waals surface area contributed by atoms with Crippen molar-refractivity contribution in [2.24, 2.45) is 0 Å². The lowest BCUT2D eigenvalue weighted by molar-refractivity contribution is -0.137. The topological polar surface area (TPSA) is 49.0 Å². The van der Waals surface area contributed by atoms with E-state index in [0.717, 1.165) is 17.0 Å². The molecule has 0 N–H and O–H groups in total. The fourth-order valence-corrected chi connectivity index (χ4v) is 5.46. The summed E-state index contributed by atoms with van der Waals surface area (Å²) in [4.78, 5) is 15.7. The number of carbonyl (C=O) groups excluding carboxylic acids is 1. The molecule has 0 saturated carbocycles. The van der Waals surface area contributed by atoms with E-state index in [-0.39, 0.29) is 11.5 Å². The number of carbonyl (C=O) groups is 1. The first-order valence-corrected chi connectivity index (χ1v) is 11.3. The Bertz CT molecular complexity index is 1310. The molecule has 0 radical (unpaired) electrons. The molecule has 3 heterocycles. The van der Waals surface area contributed by atoms with E-state index in [1.165, 1.54) is 17.4 Å². The van der Waals surface area contributed by atoms with Crippen LogP contribution < -0.4 is 4.90 Å². The van der Waals surface area contributed by atoms with Crippen molar-refractivity contribution in [1.29, 1.82) is 5.26 Å². The van der Waals surface area contributed by atoms with Crippen LogP contribution in [0.2, 0.25) is 0 Å². The highest BCUT2D eigenvalue weighted by molar-refractivity contribution is 7.10. The molecule has 1 aliphatic carbocycles. The summed E-state index contributed by atoms with van der Waals surface area (Å²) in [6.07, 6.45) is 0.493. The molecular formula is C25H18F3N3OS. The van der Waals surface area contributed by atoms with E-state index >= 15 is 0 Å². The average molecular weight is 466 g/mol. The van der Waals surface area contributed by atoms with Crippen molar-refractivity contribution in [3.05, 3.63) is 93.6 Å². The van der Waals surface area contributed by atoms with E-state index in [0.29, 0.717) is 41.9 Å². The Morgan fingerprint density at radius 3 is 2.52 bits per heavy atom. The predicted octanol–water partition coefficient (Wildman–Crippen LogP) is 6.57. The molecule has 8 heteroatoms. The first kappa shape index (κ1) is 21.3. The lowest BCUT2D eigenvalue weighted by atomic mass is 9.78. The number of aromatic nitrogens is 1. The quantitative estimate of drug-likeness (QED) is 0.440. The summed E-state index contributed by atoms with van der Waals surface area (Å²) in [5.74, 6) is -0.156. The van der Waals surface area contributed by atoms with Crippen LogP contribution >= 0.6 is 11.3 Å². The van der Waals surface area contributed by atoms with Gasteiger partial charge in [-0.25, -0.2) is 0 Å². The Labute approximate surface area is 192 Å². The number of nitriles is 1. The van der Waals surface area contributed by atoms with Gasteiger partial charge in [-0.15, -0.1) is 11.3 Å². The van der Waals surface area contributed by atoms with E-state index in [9.17, 15) is 23.2 Å². The number of hydrogen-bond donors (Lipinski definition) is 0. The van der Waals surface area contributed by atoms with Crippen LogP contribution in [0.1, 0.15) is 35.6 Å². The zero-order chi connectivity index (χ0) is 23.2. The number of anilines is 1. The number of Topliss-reactive ketones (excluding diaryl/α,β-unsaturated/α-hetero) is 1. The standard InChI is InChI=1S/C25H18F3N3OS/c26-25(27,28)16-6-3-7-17(14-16)31-19-8-4-9-20(32)23(19)22(21-10-5-13-33-21)18(15-29)24(31)30-11-1-2-12-30/h1-3,5-7,10-14,22H,4,8-9H2/t22-/m1/s1. The van der Waals surface area contributed by atoms with Gasteiger partial charge >= 0.3 is 6.18 Å². The van der Waals surface area contributed by atoms with Gasteiger partial charge in [0.05, 0.1) is 23.1 Å². The van der Waals surface area contributed by atoms with Gasteiger partial charge in [0.1, 0.15) is 5.82 Å².